The number of rotatable bonds is 4. The van der Waals surface area contributed by atoms with Crippen molar-refractivity contribution >= 4 is 5.78 Å². The summed E-state index contributed by atoms with van der Waals surface area (Å²) in [6.07, 6.45) is 2.03. The minimum absolute atomic E-state index is 0.100. The Morgan fingerprint density at radius 2 is 1.47 bits per heavy atom. The second-order valence-corrected chi connectivity index (χ2v) is 4.74. The Kier molecular flexibility index (Phi) is 4.30. The summed E-state index contributed by atoms with van der Waals surface area (Å²) in [5, 5.41) is 0. The van der Waals surface area contributed by atoms with Crippen molar-refractivity contribution in [2.75, 3.05) is 0 Å². The molecule has 1 unspecified atom stereocenters. The molecule has 0 heterocycles. The maximum Gasteiger partial charge on any atom is 0.188 e. The van der Waals surface area contributed by atoms with Gasteiger partial charge in [0, 0.05) is 5.56 Å². The zero-order chi connectivity index (χ0) is 13.7. The molecule has 2 aromatic rings. The number of Topliss-reactive ketones (excluding diaryl/α,β-unsaturated/α-hetero) is 1. The fourth-order valence-corrected chi connectivity index (χ4v) is 2.12. The lowest BCUT2D eigenvalue weighted by Crippen LogP contribution is -2.02. The molecule has 0 fully saturated rings. The number of carbonyl (C=O) groups excluding carboxylic acids is 1. The highest BCUT2D eigenvalue weighted by atomic mass is 16.1. The van der Waals surface area contributed by atoms with Crippen molar-refractivity contribution in [1.29, 1.82) is 0 Å². The van der Waals surface area contributed by atoms with Gasteiger partial charge >= 0.3 is 0 Å². The quantitative estimate of drug-likeness (QED) is 0.571. The van der Waals surface area contributed by atoms with Gasteiger partial charge in [-0.3, -0.25) is 4.79 Å². The molecule has 0 bridgehead atoms. The Bertz CT molecular complexity index is 567. The highest BCUT2D eigenvalue weighted by Crippen LogP contribution is 2.19. The van der Waals surface area contributed by atoms with Gasteiger partial charge in [-0.15, -0.1) is 0 Å². The van der Waals surface area contributed by atoms with Crippen LogP contribution in [0.25, 0.3) is 0 Å². The van der Waals surface area contributed by atoms with Crippen LogP contribution in [-0.4, -0.2) is 5.78 Å². The molecule has 2 aromatic carbocycles. The largest absolute Gasteiger partial charge is 0.289 e. The van der Waals surface area contributed by atoms with Gasteiger partial charge < -0.3 is 0 Å². The lowest BCUT2D eigenvalue weighted by atomic mass is 9.96. The van der Waals surface area contributed by atoms with Crippen molar-refractivity contribution in [3.63, 3.8) is 0 Å². The summed E-state index contributed by atoms with van der Waals surface area (Å²) in [6.45, 7) is 3.99. The number of benzene rings is 2. The highest BCUT2D eigenvalue weighted by Gasteiger charge is 2.09. The Balaban J connectivity index is 2.18. The summed E-state index contributed by atoms with van der Waals surface area (Å²) < 4.78 is 0. The molecule has 0 aliphatic carbocycles. The maximum absolute atomic E-state index is 12.2. The smallest absolute Gasteiger partial charge is 0.188 e. The fourth-order valence-electron chi connectivity index (χ4n) is 2.12. The SMILES string of the molecule is C/C(=C\C(C)c1ccccc1)C(=O)c1ccccc1. The first-order chi connectivity index (χ1) is 9.18. The molecule has 0 spiro atoms. The molecule has 0 amide bonds. The van der Waals surface area contributed by atoms with Crippen molar-refractivity contribution in [2.24, 2.45) is 0 Å². The molecular weight excluding hydrogens is 232 g/mol. The van der Waals surface area contributed by atoms with E-state index in [9.17, 15) is 4.79 Å². The van der Waals surface area contributed by atoms with Gasteiger partial charge in [0.1, 0.15) is 0 Å². The van der Waals surface area contributed by atoms with Gasteiger partial charge in [-0.1, -0.05) is 73.7 Å². The first-order valence-electron chi connectivity index (χ1n) is 6.51. The van der Waals surface area contributed by atoms with Crippen molar-refractivity contribution in [3.8, 4) is 0 Å². The average molecular weight is 250 g/mol. The van der Waals surface area contributed by atoms with Crippen LogP contribution in [-0.2, 0) is 0 Å². The van der Waals surface area contributed by atoms with Crippen LogP contribution >= 0.6 is 0 Å². The normalized spacial score (nSPS) is 13.1. The second-order valence-electron chi connectivity index (χ2n) is 4.74. The first-order valence-corrected chi connectivity index (χ1v) is 6.51. The number of hydrogen-bond donors (Lipinski definition) is 0. The molecule has 2 rings (SSSR count). The third-order valence-corrected chi connectivity index (χ3v) is 3.22. The summed E-state index contributed by atoms with van der Waals surface area (Å²) in [5.74, 6) is 0.345. The summed E-state index contributed by atoms with van der Waals surface area (Å²) in [7, 11) is 0. The maximum atomic E-state index is 12.2. The minimum Gasteiger partial charge on any atom is -0.289 e. The monoisotopic (exact) mass is 250 g/mol. The third-order valence-electron chi connectivity index (χ3n) is 3.22. The molecule has 96 valence electrons. The van der Waals surface area contributed by atoms with E-state index >= 15 is 0 Å². The Morgan fingerprint density at radius 3 is 2.05 bits per heavy atom. The van der Waals surface area contributed by atoms with E-state index in [2.05, 4.69) is 19.1 Å². The van der Waals surface area contributed by atoms with Gasteiger partial charge in [0.15, 0.2) is 5.78 Å². The van der Waals surface area contributed by atoms with E-state index in [4.69, 9.17) is 0 Å². The molecule has 1 nitrogen and oxygen atoms in total. The zero-order valence-corrected chi connectivity index (χ0v) is 11.3. The summed E-state index contributed by atoms with van der Waals surface area (Å²) in [6, 6.07) is 19.6. The van der Waals surface area contributed by atoms with Gasteiger partial charge in [0.2, 0.25) is 0 Å². The number of ketones is 1. The number of carbonyl (C=O) groups is 1. The topological polar surface area (TPSA) is 17.1 Å². The van der Waals surface area contributed by atoms with Crippen LogP contribution < -0.4 is 0 Å². The lowest BCUT2D eigenvalue weighted by molar-refractivity contribution is 0.103. The van der Waals surface area contributed by atoms with Crippen LogP contribution in [0.3, 0.4) is 0 Å². The molecule has 0 saturated heterocycles. The van der Waals surface area contributed by atoms with E-state index in [-0.39, 0.29) is 11.7 Å². The Morgan fingerprint density at radius 1 is 0.947 bits per heavy atom. The van der Waals surface area contributed by atoms with Crippen molar-refractivity contribution in [3.05, 3.63) is 83.4 Å². The van der Waals surface area contributed by atoms with E-state index in [1.165, 1.54) is 5.56 Å². The molecule has 0 aromatic heterocycles. The summed E-state index contributed by atoms with van der Waals surface area (Å²) >= 11 is 0. The predicted molar refractivity (Wildman–Crippen MR) is 79.4 cm³/mol. The Labute approximate surface area is 114 Å². The fraction of sp³-hybridized carbons (Fsp3) is 0.167. The highest BCUT2D eigenvalue weighted by molar-refractivity contribution is 6.08. The van der Waals surface area contributed by atoms with E-state index in [1.54, 1.807) is 0 Å². The standard InChI is InChI=1S/C18H18O/c1-14(16-9-5-3-6-10-16)13-15(2)18(19)17-11-7-4-8-12-17/h3-14H,1-2H3/b15-13+. The minimum atomic E-state index is 0.100. The van der Waals surface area contributed by atoms with Crippen LogP contribution in [0.5, 0.6) is 0 Å². The molecule has 1 heteroatoms. The van der Waals surface area contributed by atoms with E-state index in [1.807, 2.05) is 61.5 Å². The molecule has 0 aliphatic heterocycles. The van der Waals surface area contributed by atoms with E-state index < -0.39 is 0 Å². The predicted octanol–water partition coefficient (Wildman–Crippen LogP) is 4.62. The molecule has 1 atom stereocenters. The van der Waals surface area contributed by atoms with Gasteiger partial charge in [-0.05, 0) is 24.0 Å². The Hall–Kier alpha value is -2.15. The zero-order valence-electron chi connectivity index (χ0n) is 11.3. The van der Waals surface area contributed by atoms with Crippen molar-refractivity contribution in [2.45, 2.75) is 19.8 Å². The van der Waals surface area contributed by atoms with E-state index in [0.29, 0.717) is 0 Å². The average Bonchev–Trinajstić information content (AvgIpc) is 2.48. The van der Waals surface area contributed by atoms with Crippen LogP contribution in [0, 0.1) is 0 Å². The molecule has 0 aliphatic rings. The van der Waals surface area contributed by atoms with Crippen LogP contribution in [0.2, 0.25) is 0 Å². The molecule has 0 radical (unpaired) electrons. The van der Waals surface area contributed by atoms with Crippen molar-refractivity contribution < 1.29 is 4.79 Å². The van der Waals surface area contributed by atoms with Crippen LogP contribution in [0.1, 0.15) is 35.7 Å². The van der Waals surface area contributed by atoms with Gasteiger partial charge in [0.05, 0.1) is 0 Å². The van der Waals surface area contributed by atoms with E-state index in [0.717, 1.165) is 11.1 Å². The lowest BCUT2D eigenvalue weighted by Gasteiger charge is -2.08. The number of allylic oxidation sites excluding steroid dienone is 2. The third kappa shape index (κ3) is 3.41. The van der Waals surface area contributed by atoms with Crippen LogP contribution in [0.15, 0.2) is 72.3 Å². The first kappa shape index (κ1) is 13.3. The molecule has 0 saturated carbocycles. The summed E-state index contributed by atoms with van der Waals surface area (Å²) in [5.41, 5.74) is 2.77. The van der Waals surface area contributed by atoms with Crippen molar-refractivity contribution in [1.82, 2.24) is 0 Å². The molecular formula is C18H18O. The van der Waals surface area contributed by atoms with Gasteiger partial charge in [-0.25, -0.2) is 0 Å². The second kappa shape index (κ2) is 6.14. The summed E-state index contributed by atoms with van der Waals surface area (Å²) in [4.78, 5) is 12.2. The van der Waals surface area contributed by atoms with Gasteiger partial charge in [-0.2, -0.15) is 0 Å². The van der Waals surface area contributed by atoms with Crippen LogP contribution in [0.4, 0.5) is 0 Å². The number of hydrogen-bond acceptors (Lipinski definition) is 1. The molecule has 19 heavy (non-hydrogen) atoms. The molecule has 0 N–H and O–H groups in total. The van der Waals surface area contributed by atoms with Gasteiger partial charge in [0.25, 0.3) is 0 Å².